The number of nitrogens with zero attached hydrogens (tertiary/aromatic N) is 1. The summed E-state index contributed by atoms with van der Waals surface area (Å²) in [5.41, 5.74) is 7.30. The van der Waals surface area contributed by atoms with Crippen LogP contribution in [0.3, 0.4) is 0 Å². The molecule has 14 heavy (non-hydrogen) atoms. The highest BCUT2D eigenvalue weighted by molar-refractivity contribution is 9.10. The summed E-state index contributed by atoms with van der Waals surface area (Å²) in [5.74, 6) is 0.465. The number of nitrogens with one attached hydrogen (secondary N) is 1. The van der Waals surface area contributed by atoms with Crippen LogP contribution in [0, 0.1) is 0 Å². The van der Waals surface area contributed by atoms with Crippen LogP contribution < -0.4 is 5.73 Å². The molecule has 72 valence electrons. The number of halogens is 2. The first-order chi connectivity index (χ1) is 6.68. The maximum atomic E-state index is 5.96. The molecule has 1 aromatic heterocycles. The van der Waals surface area contributed by atoms with E-state index in [1.54, 1.807) is 6.07 Å². The van der Waals surface area contributed by atoms with Crippen LogP contribution >= 0.6 is 27.5 Å². The lowest BCUT2D eigenvalue weighted by atomic mass is 10.1. The molecule has 0 atom stereocenters. The summed E-state index contributed by atoms with van der Waals surface area (Å²) in [6.45, 7) is 0. The van der Waals surface area contributed by atoms with Crippen molar-refractivity contribution in [1.29, 1.82) is 0 Å². The maximum absolute atomic E-state index is 5.96. The summed E-state index contributed by atoms with van der Waals surface area (Å²) in [5, 5.41) is 7.34. The van der Waals surface area contributed by atoms with Crippen LogP contribution in [0.25, 0.3) is 11.3 Å². The van der Waals surface area contributed by atoms with Crippen molar-refractivity contribution in [3.8, 4) is 11.3 Å². The van der Waals surface area contributed by atoms with E-state index in [4.69, 9.17) is 17.3 Å². The molecule has 0 aliphatic rings. The minimum absolute atomic E-state index is 0.465. The predicted molar refractivity (Wildman–Crippen MR) is 61.1 cm³/mol. The zero-order valence-electron chi connectivity index (χ0n) is 7.09. The second-order valence-electron chi connectivity index (χ2n) is 2.81. The molecule has 0 amide bonds. The Balaban J connectivity index is 2.57. The van der Waals surface area contributed by atoms with Crippen molar-refractivity contribution in [2.75, 3.05) is 5.73 Å². The van der Waals surface area contributed by atoms with Gasteiger partial charge in [-0.15, -0.1) is 0 Å². The van der Waals surface area contributed by atoms with E-state index in [0.717, 1.165) is 15.7 Å². The average molecular weight is 273 g/mol. The van der Waals surface area contributed by atoms with Crippen molar-refractivity contribution in [2.45, 2.75) is 0 Å². The standard InChI is InChI=1S/C9H7BrClN3/c10-9-5(2-1-3-6(9)11)7-4-8(12)14-13-7/h1-4H,(H3,12,13,14). The third-order valence-corrected chi connectivity index (χ3v) is 3.24. The normalized spacial score (nSPS) is 10.4. The molecule has 0 radical (unpaired) electrons. The van der Waals surface area contributed by atoms with Crippen molar-refractivity contribution in [2.24, 2.45) is 0 Å². The van der Waals surface area contributed by atoms with Crippen molar-refractivity contribution < 1.29 is 0 Å². The Kier molecular flexibility index (Phi) is 2.48. The second kappa shape index (κ2) is 3.63. The van der Waals surface area contributed by atoms with Gasteiger partial charge in [-0.05, 0) is 22.0 Å². The highest BCUT2D eigenvalue weighted by Gasteiger charge is 2.07. The van der Waals surface area contributed by atoms with Crippen molar-refractivity contribution in [3.05, 3.63) is 33.8 Å². The van der Waals surface area contributed by atoms with E-state index in [1.807, 2.05) is 18.2 Å². The highest BCUT2D eigenvalue weighted by Crippen LogP contribution is 2.32. The predicted octanol–water partition coefficient (Wildman–Crippen LogP) is 3.07. The number of H-pyrrole nitrogens is 1. The quantitative estimate of drug-likeness (QED) is 0.838. The van der Waals surface area contributed by atoms with E-state index in [1.165, 1.54) is 0 Å². The molecule has 0 unspecified atom stereocenters. The van der Waals surface area contributed by atoms with Crippen LogP contribution in [0.5, 0.6) is 0 Å². The number of aromatic amines is 1. The SMILES string of the molecule is Nc1cc(-c2cccc(Cl)c2Br)[nH]n1. The van der Waals surface area contributed by atoms with E-state index in [9.17, 15) is 0 Å². The summed E-state index contributed by atoms with van der Waals surface area (Å²) in [7, 11) is 0. The van der Waals surface area contributed by atoms with Crippen molar-refractivity contribution in [3.63, 3.8) is 0 Å². The van der Waals surface area contributed by atoms with E-state index in [0.29, 0.717) is 10.8 Å². The van der Waals surface area contributed by atoms with Crippen LogP contribution in [0.1, 0.15) is 0 Å². The Morgan fingerprint density at radius 2 is 2.21 bits per heavy atom. The van der Waals surface area contributed by atoms with Gasteiger partial charge in [0.2, 0.25) is 0 Å². The number of nitrogens with two attached hydrogens (primary N) is 1. The lowest BCUT2D eigenvalue weighted by Gasteiger charge is -2.02. The van der Waals surface area contributed by atoms with Gasteiger partial charge < -0.3 is 5.73 Å². The van der Waals surface area contributed by atoms with Gasteiger partial charge in [-0.2, -0.15) is 5.10 Å². The van der Waals surface area contributed by atoms with E-state index in [2.05, 4.69) is 26.1 Å². The Morgan fingerprint density at radius 1 is 1.43 bits per heavy atom. The van der Waals surface area contributed by atoms with Gasteiger partial charge in [0.25, 0.3) is 0 Å². The van der Waals surface area contributed by atoms with Gasteiger partial charge in [0.1, 0.15) is 5.82 Å². The first-order valence-corrected chi connectivity index (χ1v) is 5.11. The number of hydrogen-bond acceptors (Lipinski definition) is 2. The van der Waals surface area contributed by atoms with Crippen molar-refractivity contribution in [1.82, 2.24) is 10.2 Å². The molecule has 0 aliphatic carbocycles. The van der Waals surface area contributed by atoms with Crippen LogP contribution in [0.4, 0.5) is 5.82 Å². The minimum atomic E-state index is 0.465. The Bertz CT molecular complexity index is 467. The molecule has 1 heterocycles. The third-order valence-electron chi connectivity index (χ3n) is 1.84. The zero-order valence-corrected chi connectivity index (χ0v) is 9.43. The largest absolute Gasteiger partial charge is 0.382 e. The first kappa shape index (κ1) is 9.55. The van der Waals surface area contributed by atoms with E-state index < -0.39 is 0 Å². The average Bonchev–Trinajstić information content (AvgIpc) is 2.57. The number of nitrogen functional groups attached to an aromatic ring is 1. The summed E-state index contributed by atoms with van der Waals surface area (Å²) >= 11 is 9.36. The molecule has 0 spiro atoms. The highest BCUT2D eigenvalue weighted by atomic mass is 79.9. The molecule has 0 fully saturated rings. The fraction of sp³-hybridized carbons (Fsp3) is 0. The van der Waals surface area contributed by atoms with Gasteiger partial charge in [-0.3, -0.25) is 5.10 Å². The van der Waals surface area contributed by atoms with Crippen molar-refractivity contribution >= 4 is 33.3 Å². The van der Waals surface area contributed by atoms with Gasteiger partial charge in [0.15, 0.2) is 0 Å². The van der Waals surface area contributed by atoms with Gasteiger partial charge in [-0.1, -0.05) is 23.7 Å². The molecule has 0 saturated carbocycles. The number of benzene rings is 1. The molecule has 5 heteroatoms. The molecule has 0 bridgehead atoms. The number of hydrogen-bond donors (Lipinski definition) is 2. The summed E-state index contributed by atoms with van der Waals surface area (Å²) in [6, 6.07) is 7.38. The lowest BCUT2D eigenvalue weighted by Crippen LogP contribution is -1.81. The number of anilines is 1. The van der Waals surface area contributed by atoms with Gasteiger partial charge >= 0.3 is 0 Å². The third kappa shape index (κ3) is 1.63. The second-order valence-corrected chi connectivity index (χ2v) is 4.01. The van der Waals surface area contributed by atoms with Crippen LogP contribution in [0.15, 0.2) is 28.7 Å². The van der Waals surface area contributed by atoms with E-state index >= 15 is 0 Å². The van der Waals surface area contributed by atoms with Gasteiger partial charge in [0, 0.05) is 16.1 Å². The molecule has 3 nitrogen and oxygen atoms in total. The molecular weight excluding hydrogens is 265 g/mol. The fourth-order valence-electron chi connectivity index (χ4n) is 1.19. The lowest BCUT2D eigenvalue weighted by molar-refractivity contribution is 1.10. The first-order valence-electron chi connectivity index (χ1n) is 3.94. The Hall–Kier alpha value is -1.00. The molecule has 1 aromatic carbocycles. The topological polar surface area (TPSA) is 54.7 Å². The summed E-state index contributed by atoms with van der Waals surface area (Å²) < 4.78 is 0.838. The van der Waals surface area contributed by atoms with Crippen LogP contribution in [0.2, 0.25) is 5.02 Å². The Morgan fingerprint density at radius 3 is 2.86 bits per heavy atom. The summed E-state index contributed by atoms with van der Waals surface area (Å²) in [6.07, 6.45) is 0. The minimum Gasteiger partial charge on any atom is -0.382 e. The zero-order chi connectivity index (χ0) is 10.1. The fourth-order valence-corrected chi connectivity index (χ4v) is 1.84. The van der Waals surface area contributed by atoms with Gasteiger partial charge in [0.05, 0.1) is 10.7 Å². The van der Waals surface area contributed by atoms with Crippen LogP contribution in [-0.4, -0.2) is 10.2 Å². The summed E-state index contributed by atoms with van der Waals surface area (Å²) in [4.78, 5) is 0. The van der Waals surface area contributed by atoms with Gasteiger partial charge in [-0.25, -0.2) is 0 Å². The molecule has 0 aliphatic heterocycles. The van der Waals surface area contributed by atoms with E-state index in [-0.39, 0.29) is 0 Å². The Labute approximate surface area is 94.4 Å². The molecule has 0 saturated heterocycles. The number of rotatable bonds is 1. The molecular formula is C9H7BrClN3. The molecule has 2 aromatic rings. The monoisotopic (exact) mass is 271 g/mol. The molecule has 3 N–H and O–H groups in total. The van der Waals surface area contributed by atoms with Crippen LogP contribution in [-0.2, 0) is 0 Å². The molecule has 2 rings (SSSR count). The smallest absolute Gasteiger partial charge is 0.145 e. The number of aromatic nitrogens is 2. The maximum Gasteiger partial charge on any atom is 0.145 e.